The van der Waals surface area contributed by atoms with Crippen LogP contribution in [0.1, 0.15) is 24.1 Å². The molecule has 0 fully saturated rings. The van der Waals surface area contributed by atoms with Crippen molar-refractivity contribution < 1.29 is 4.79 Å². The molecule has 27 heavy (non-hydrogen) atoms. The van der Waals surface area contributed by atoms with Crippen molar-refractivity contribution in [2.75, 3.05) is 5.75 Å². The second-order valence-corrected chi connectivity index (χ2v) is 8.63. The van der Waals surface area contributed by atoms with Gasteiger partial charge in [-0.15, -0.1) is 0 Å². The Morgan fingerprint density at radius 1 is 1.11 bits per heavy atom. The molecule has 0 aromatic heterocycles. The first-order chi connectivity index (χ1) is 13.2. The lowest BCUT2D eigenvalue weighted by Crippen LogP contribution is -2.28. The summed E-state index contributed by atoms with van der Waals surface area (Å²) in [4.78, 5) is 17.1. The van der Waals surface area contributed by atoms with Crippen LogP contribution in [-0.2, 0) is 10.5 Å². The molecule has 1 heterocycles. The summed E-state index contributed by atoms with van der Waals surface area (Å²) in [5.74, 6) is 1.32. The summed E-state index contributed by atoms with van der Waals surface area (Å²) in [5, 5.41) is 5.50. The van der Waals surface area contributed by atoms with Crippen LogP contribution in [0.3, 0.4) is 0 Å². The first-order valence-electron chi connectivity index (χ1n) is 8.90. The van der Waals surface area contributed by atoms with Crippen molar-refractivity contribution in [3.05, 3.63) is 77.9 Å². The zero-order valence-electron chi connectivity index (χ0n) is 15.0. The average molecular weight is 393 g/mol. The highest BCUT2D eigenvalue weighted by Gasteiger charge is 2.16. The Morgan fingerprint density at radius 2 is 1.89 bits per heavy atom. The summed E-state index contributed by atoms with van der Waals surface area (Å²) < 4.78 is 0.960. The Hall–Kier alpha value is -2.24. The molecule has 0 saturated carbocycles. The lowest BCUT2D eigenvalue weighted by molar-refractivity contribution is -0.119. The maximum Gasteiger partial charge on any atom is 0.230 e. The topological polar surface area (TPSA) is 41.5 Å². The fourth-order valence-corrected chi connectivity index (χ4v) is 5.08. The predicted molar refractivity (Wildman–Crippen MR) is 118 cm³/mol. The molecule has 1 atom stereocenters. The van der Waals surface area contributed by atoms with Crippen molar-refractivity contribution in [2.24, 2.45) is 4.99 Å². The zero-order chi connectivity index (χ0) is 18.6. The molecule has 136 valence electrons. The first kappa shape index (κ1) is 18.1. The highest BCUT2D eigenvalue weighted by molar-refractivity contribution is 8.38. The fraction of sp³-hybridized carbons (Fsp3) is 0.182. The maximum atomic E-state index is 12.5. The predicted octanol–water partition coefficient (Wildman–Crippen LogP) is 5.68. The molecule has 1 N–H and O–H groups in total. The number of fused-ring (bicyclic) bond motifs is 2. The molecule has 0 saturated heterocycles. The molecule has 4 rings (SSSR count). The van der Waals surface area contributed by atoms with Gasteiger partial charge in [-0.3, -0.25) is 4.79 Å². The number of thioether (sulfide) groups is 2. The smallest absolute Gasteiger partial charge is 0.230 e. The summed E-state index contributed by atoms with van der Waals surface area (Å²) in [6.45, 7) is 2.04. The van der Waals surface area contributed by atoms with E-state index in [1.165, 1.54) is 28.1 Å². The molecule has 3 aromatic carbocycles. The van der Waals surface area contributed by atoms with E-state index >= 15 is 0 Å². The van der Waals surface area contributed by atoms with Crippen molar-refractivity contribution in [3.8, 4) is 0 Å². The van der Waals surface area contributed by atoms with Crippen LogP contribution in [0.2, 0.25) is 0 Å². The second-order valence-electron chi connectivity index (χ2n) is 6.44. The average Bonchev–Trinajstić information content (AvgIpc) is 2.71. The number of para-hydroxylation sites is 1. The molecule has 1 amide bonds. The van der Waals surface area contributed by atoms with Crippen LogP contribution in [0.15, 0.2) is 71.7 Å². The Morgan fingerprint density at radius 3 is 2.81 bits per heavy atom. The monoisotopic (exact) mass is 392 g/mol. The number of amides is 1. The van der Waals surface area contributed by atoms with E-state index in [1.54, 1.807) is 11.8 Å². The molecule has 0 radical (unpaired) electrons. The molecule has 1 unspecified atom stereocenters. The van der Waals surface area contributed by atoms with Crippen molar-refractivity contribution >= 4 is 50.3 Å². The minimum absolute atomic E-state index is 0.0302. The molecule has 1 aliphatic heterocycles. The van der Waals surface area contributed by atoms with Crippen LogP contribution in [0.4, 0.5) is 5.69 Å². The Balaban J connectivity index is 1.39. The number of hydrogen-bond donors (Lipinski definition) is 1. The third-order valence-corrected chi connectivity index (χ3v) is 6.79. The molecule has 0 spiro atoms. The second kappa shape index (κ2) is 8.19. The molecule has 0 aliphatic carbocycles. The molecule has 5 heteroatoms. The van der Waals surface area contributed by atoms with Gasteiger partial charge in [0.1, 0.15) is 4.38 Å². The van der Waals surface area contributed by atoms with Gasteiger partial charge < -0.3 is 5.32 Å². The molecular formula is C22H20N2OS2. The number of nitrogens with zero attached hydrogens (tertiary/aromatic N) is 1. The van der Waals surface area contributed by atoms with E-state index in [-0.39, 0.29) is 11.9 Å². The van der Waals surface area contributed by atoms with Crippen LogP contribution < -0.4 is 5.32 Å². The third kappa shape index (κ3) is 4.20. The summed E-state index contributed by atoms with van der Waals surface area (Å²) in [7, 11) is 0. The van der Waals surface area contributed by atoms with Crippen LogP contribution in [0.25, 0.3) is 10.8 Å². The van der Waals surface area contributed by atoms with Gasteiger partial charge in [0.05, 0.1) is 17.5 Å². The Labute approximate surface area is 167 Å². The molecule has 3 aromatic rings. The summed E-state index contributed by atoms with van der Waals surface area (Å²) >= 11 is 3.21. The normalized spacial score (nSPS) is 14.3. The lowest BCUT2D eigenvalue weighted by atomic mass is 10.00. The van der Waals surface area contributed by atoms with Gasteiger partial charge in [-0.1, -0.05) is 84.2 Å². The fourth-order valence-electron chi connectivity index (χ4n) is 3.20. The van der Waals surface area contributed by atoms with E-state index in [2.05, 4.69) is 40.6 Å². The van der Waals surface area contributed by atoms with Gasteiger partial charge in [0.2, 0.25) is 5.91 Å². The van der Waals surface area contributed by atoms with E-state index in [1.807, 2.05) is 43.3 Å². The van der Waals surface area contributed by atoms with Crippen LogP contribution in [-0.4, -0.2) is 16.0 Å². The molecular weight excluding hydrogens is 372 g/mol. The Bertz CT molecular complexity index is 1010. The van der Waals surface area contributed by atoms with Gasteiger partial charge in [-0.05, 0) is 34.9 Å². The lowest BCUT2D eigenvalue weighted by Gasteiger charge is -2.17. The van der Waals surface area contributed by atoms with Gasteiger partial charge in [0.15, 0.2) is 0 Å². The van der Waals surface area contributed by atoms with Crippen LogP contribution in [0.5, 0.6) is 0 Å². The third-order valence-electron chi connectivity index (χ3n) is 4.55. The van der Waals surface area contributed by atoms with Gasteiger partial charge in [0, 0.05) is 5.75 Å². The van der Waals surface area contributed by atoms with Crippen molar-refractivity contribution in [3.63, 3.8) is 0 Å². The van der Waals surface area contributed by atoms with Crippen molar-refractivity contribution in [1.29, 1.82) is 0 Å². The van der Waals surface area contributed by atoms with Gasteiger partial charge >= 0.3 is 0 Å². The maximum absolute atomic E-state index is 12.5. The number of carbonyl (C=O) groups excluding carboxylic acids is 1. The summed E-state index contributed by atoms with van der Waals surface area (Å²) in [6, 6.07) is 22.6. The Kier molecular flexibility index (Phi) is 5.50. The molecule has 0 bridgehead atoms. The zero-order valence-corrected chi connectivity index (χ0v) is 16.6. The number of hydrogen-bond acceptors (Lipinski definition) is 4. The number of carbonyl (C=O) groups is 1. The summed E-state index contributed by atoms with van der Waals surface area (Å²) in [5.41, 5.74) is 3.41. The van der Waals surface area contributed by atoms with Crippen molar-refractivity contribution in [1.82, 2.24) is 5.32 Å². The number of benzene rings is 3. The van der Waals surface area contributed by atoms with Gasteiger partial charge in [-0.25, -0.2) is 4.99 Å². The van der Waals surface area contributed by atoms with Gasteiger partial charge in [-0.2, -0.15) is 0 Å². The van der Waals surface area contributed by atoms with Crippen molar-refractivity contribution in [2.45, 2.75) is 18.7 Å². The number of nitrogens with one attached hydrogen (secondary N) is 1. The minimum atomic E-state index is -0.0362. The van der Waals surface area contributed by atoms with Gasteiger partial charge in [0.25, 0.3) is 0 Å². The molecule has 3 nitrogen and oxygen atoms in total. The van der Waals surface area contributed by atoms with Crippen LogP contribution >= 0.6 is 23.5 Å². The number of aliphatic imine (C=N–C) groups is 1. The van der Waals surface area contributed by atoms with E-state index in [9.17, 15) is 4.79 Å². The first-order valence-corrected chi connectivity index (χ1v) is 10.9. The van der Waals surface area contributed by atoms with E-state index in [0.717, 1.165) is 21.4 Å². The highest BCUT2D eigenvalue weighted by Crippen LogP contribution is 2.34. The molecule has 1 aliphatic rings. The van der Waals surface area contributed by atoms with Crippen LogP contribution in [0, 0.1) is 0 Å². The van der Waals surface area contributed by atoms with E-state index in [4.69, 9.17) is 0 Å². The van der Waals surface area contributed by atoms with E-state index < -0.39 is 0 Å². The quantitative estimate of drug-likeness (QED) is 0.620. The minimum Gasteiger partial charge on any atom is -0.349 e. The standard InChI is InChI=1S/C22H20N2OS2/c1-15(18-11-6-9-16-7-2-4-10-19(16)18)23-21(25)14-27-22-24-20-12-5-3-8-17(20)13-26-22/h2-12,15H,13-14H2,1H3,(H,23,25). The highest BCUT2D eigenvalue weighted by atomic mass is 32.2. The van der Waals surface area contributed by atoms with E-state index in [0.29, 0.717) is 5.75 Å². The largest absolute Gasteiger partial charge is 0.349 e. The SMILES string of the molecule is CC(NC(=O)CSC1=Nc2ccccc2CS1)c1cccc2ccccc12. The number of rotatable bonds is 4. The summed E-state index contributed by atoms with van der Waals surface area (Å²) in [6.07, 6.45) is 0.